The molecule has 1 aliphatic heterocycles. The Morgan fingerprint density at radius 2 is 2.17 bits per heavy atom. The van der Waals surface area contributed by atoms with Crippen molar-refractivity contribution in [2.45, 2.75) is 0 Å². The van der Waals surface area contributed by atoms with Gasteiger partial charge in [-0.05, 0) is 18.2 Å². The van der Waals surface area contributed by atoms with Crippen LogP contribution in [0.4, 0.5) is 5.82 Å². The second-order valence-corrected chi connectivity index (χ2v) is 6.95. The highest BCUT2D eigenvalue weighted by Crippen LogP contribution is 2.19. The van der Waals surface area contributed by atoms with Crippen LogP contribution >= 0.6 is 0 Å². The molecule has 3 rings (SSSR count). The zero-order valence-corrected chi connectivity index (χ0v) is 16.6. The van der Waals surface area contributed by atoms with Gasteiger partial charge in [0.15, 0.2) is 0 Å². The lowest BCUT2D eigenvalue weighted by Gasteiger charge is -2.31. The maximum atomic E-state index is 13.2. The number of hydrogen-bond acceptors (Lipinski definition) is 6. The largest absolute Gasteiger partial charge is 0.383 e. The summed E-state index contributed by atoms with van der Waals surface area (Å²) in [5, 5.41) is 12.1. The SMILES string of the molecule is COCCNC(=O)/C(C#N)=C/c1c(N2CC[NH+](C)CC2)nc2ccccn2c1=O. The maximum absolute atomic E-state index is 13.2. The summed E-state index contributed by atoms with van der Waals surface area (Å²) < 4.78 is 6.33. The van der Waals surface area contributed by atoms with Crippen molar-refractivity contribution in [3.8, 4) is 6.07 Å². The number of hydrogen-bond donors (Lipinski definition) is 2. The van der Waals surface area contributed by atoms with Crippen molar-refractivity contribution >= 4 is 23.4 Å². The van der Waals surface area contributed by atoms with E-state index in [2.05, 4.69) is 17.3 Å². The van der Waals surface area contributed by atoms with E-state index in [-0.39, 0.29) is 23.2 Å². The lowest BCUT2D eigenvalue weighted by atomic mass is 10.1. The number of nitriles is 1. The highest BCUT2D eigenvalue weighted by Gasteiger charge is 2.23. The predicted octanol–water partition coefficient (Wildman–Crippen LogP) is -1.30. The normalized spacial score (nSPS) is 15.3. The summed E-state index contributed by atoms with van der Waals surface area (Å²) >= 11 is 0. The number of piperazine rings is 1. The number of quaternary nitrogens is 1. The first-order valence-corrected chi connectivity index (χ1v) is 9.51. The number of pyridine rings is 1. The number of nitrogens with one attached hydrogen (secondary N) is 2. The van der Waals surface area contributed by atoms with E-state index in [4.69, 9.17) is 4.74 Å². The molecular weight excluding hydrogens is 372 g/mol. The number of methoxy groups -OCH3 is 1. The van der Waals surface area contributed by atoms with Gasteiger partial charge >= 0.3 is 0 Å². The minimum atomic E-state index is -0.545. The number of rotatable bonds is 6. The van der Waals surface area contributed by atoms with Crippen molar-refractivity contribution in [2.24, 2.45) is 0 Å². The number of carbonyl (C=O) groups is 1. The average molecular weight is 397 g/mol. The van der Waals surface area contributed by atoms with Crippen LogP contribution < -0.4 is 20.7 Å². The Labute approximate surface area is 168 Å². The Morgan fingerprint density at radius 3 is 2.86 bits per heavy atom. The first-order valence-electron chi connectivity index (χ1n) is 9.51. The summed E-state index contributed by atoms with van der Waals surface area (Å²) in [7, 11) is 3.65. The van der Waals surface area contributed by atoms with E-state index in [1.54, 1.807) is 18.3 Å². The molecule has 0 saturated carbocycles. The molecule has 9 nitrogen and oxygen atoms in total. The summed E-state index contributed by atoms with van der Waals surface area (Å²) in [5.41, 5.74) is 0.317. The minimum Gasteiger partial charge on any atom is -0.383 e. The summed E-state index contributed by atoms with van der Waals surface area (Å²) in [4.78, 5) is 33.7. The fourth-order valence-electron chi connectivity index (χ4n) is 3.21. The number of ether oxygens (including phenoxy) is 1. The smallest absolute Gasteiger partial charge is 0.267 e. The van der Waals surface area contributed by atoms with E-state index >= 15 is 0 Å². The lowest BCUT2D eigenvalue weighted by Crippen LogP contribution is -3.12. The topological polar surface area (TPSA) is 104 Å². The van der Waals surface area contributed by atoms with E-state index < -0.39 is 5.91 Å². The molecule has 0 aliphatic carbocycles. The Bertz CT molecular complexity index is 1020. The van der Waals surface area contributed by atoms with Crippen molar-refractivity contribution in [3.05, 3.63) is 45.9 Å². The van der Waals surface area contributed by atoms with Crippen LogP contribution in [-0.2, 0) is 9.53 Å². The number of carbonyl (C=O) groups excluding carboxylic acids is 1. The van der Waals surface area contributed by atoms with Gasteiger partial charge in [0.2, 0.25) is 0 Å². The van der Waals surface area contributed by atoms with Crippen molar-refractivity contribution in [3.63, 3.8) is 0 Å². The van der Waals surface area contributed by atoms with Crippen molar-refractivity contribution < 1.29 is 14.4 Å². The number of amides is 1. The number of fused-ring (bicyclic) bond motifs is 1. The standard InChI is InChI=1S/C20H24N6O3/c1-24-8-10-25(11-9-24)18-16(13-15(14-21)19(27)22-6-12-29-2)20(28)26-7-4-3-5-17(26)23-18/h3-5,7,13H,6,8-12H2,1-2H3,(H,22,27)/p+1/b15-13+. The van der Waals surface area contributed by atoms with Crippen molar-refractivity contribution in [2.75, 3.05) is 58.4 Å². The van der Waals surface area contributed by atoms with E-state index in [0.717, 1.165) is 26.2 Å². The zero-order valence-electron chi connectivity index (χ0n) is 16.6. The summed E-state index contributed by atoms with van der Waals surface area (Å²) in [6, 6.07) is 7.23. The number of nitrogens with zero attached hydrogens (tertiary/aromatic N) is 4. The van der Waals surface area contributed by atoms with E-state index in [0.29, 0.717) is 18.1 Å². The maximum Gasteiger partial charge on any atom is 0.267 e. The molecule has 3 heterocycles. The zero-order chi connectivity index (χ0) is 20.8. The van der Waals surface area contributed by atoms with Crippen LogP contribution in [-0.4, -0.2) is 68.8 Å². The predicted molar refractivity (Wildman–Crippen MR) is 109 cm³/mol. The quantitative estimate of drug-likeness (QED) is 0.357. The van der Waals surface area contributed by atoms with Gasteiger partial charge in [-0.15, -0.1) is 0 Å². The summed E-state index contributed by atoms with van der Waals surface area (Å²) in [6.07, 6.45) is 2.97. The molecule has 1 aliphatic rings. The van der Waals surface area contributed by atoms with Gasteiger partial charge in [0.25, 0.3) is 11.5 Å². The van der Waals surface area contributed by atoms with E-state index in [1.165, 1.54) is 22.5 Å². The van der Waals surface area contributed by atoms with Gasteiger partial charge in [-0.1, -0.05) is 6.07 Å². The van der Waals surface area contributed by atoms with Gasteiger partial charge in [-0.25, -0.2) is 4.98 Å². The molecule has 0 atom stereocenters. The molecule has 0 aromatic carbocycles. The van der Waals surface area contributed by atoms with Crippen molar-refractivity contribution in [1.29, 1.82) is 5.26 Å². The number of likely N-dealkylation sites (N-methyl/N-ethyl adjacent to an activating group) is 1. The summed E-state index contributed by atoms with van der Waals surface area (Å²) in [5.74, 6) is -0.0398. The Balaban J connectivity index is 2.08. The van der Waals surface area contributed by atoms with Crippen LogP contribution in [0.25, 0.3) is 11.7 Å². The first kappa shape index (κ1) is 20.5. The van der Waals surface area contributed by atoms with Gasteiger partial charge in [0, 0.05) is 19.9 Å². The Kier molecular flexibility index (Phi) is 6.59. The molecule has 1 fully saturated rings. The molecule has 1 saturated heterocycles. The van der Waals surface area contributed by atoms with Gasteiger partial charge < -0.3 is 19.9 Å². The molecule has 2 N–H and O–H groups in total. The lowest BCUT2D eigenvalue weighted by molar-refractivity contribution is -0.880. The second-order valence-electron chi connectivity index (χ2n) is 6.95. The van der Waals surface area contributed by atoms with E-state index in [9.17, 15) is 14.9 Å². The number of anilines is 1. The molecule has 0 bridgehead atoms. The third-order valence-corrected chi connectivity index (χ3v) is 4.91. The summed E-state index contributed by atoms with van der Waals surface area (Å²) in [6.45, 7) is 3.92. The molecule has 0 unspecified atom stereocenters. The van der Waals surface area contributed by atoms with Crippen LogP contribution in [0, 0.1) is 11.3 Å². The van der Waals surface area contributed by atoms with Crippen molar-refractivity contribution in [1.82, 2.24) is 14.7 Å². The van der Waals surface area contributed by atoms with E-state index in [1.807, 2.05) is 17.0 Å². The fourth-order valence-corrected chi connectivity index (χ4v) is 3.21. The van der Waals surface area contributed by atoms with Crippen LogP contribution in [0.15, 0.2) is 34.8 Å². The second kappa shape index (κ2) is 9.32. The molecule has 0 radical (unpaired) electrons. The molecule has 152 valence electrons. The molecule has 0 spiro atoms. The van der Waals surface area contributed by atoms with Gasteiger partial charge in [-0.3, -0.25) is 14.0 Å². The Hall–Kier alpha value is -3.22. The molecule has 29 heavy (non-hydrogen) atoms. The van der Waals surface area contributed by atoms with Crippen LogP contribution in [0.2, 0.25) is 0 Å². The average Bonchev–Trinajstić information content (AvgIpc) is 2.74. The van der Waals surface area contributed by atoms with Crippen LogP contribution in [0.5, 0.6) is 0 Å². The monoisotopic (exact) mass is 397 g/mol. The first-order chi connectivity index (χ1) is 14.0. The van der Waals surface area contributed by atoms with Gasteiger partial charge in [0.1, 0.15) is 23.1 Å². The molecular formula is C20H25N6O3+. The highest BCUT2D eigenvalue weighted by molar-refractivity contribution is 6.02. The van der Waals surface area contributed by atoms with Gasteiger partial charge in [0.05, 0.1) is 45.4 Å². The van der Waals surface area contributed by atoms with Crippen LogP contribution in [0.3, 0.4) is 0 Å². The molecule has 2 aromatic rings. The number of aromatic nitrogens is 2. The fraction of sp³-hybridized carbons (Fsp3) is 0.400. The molecule has 1 amide bonds. The highest BCUT2D eigenvalue weighted by atomic mass is 16.5. The molecule has 2 aromatic heterocycles. The Morgan fingerprint density at radius 1 is 1.41 bits per heavy atom. The molecule has 9 heteroatoms. The minimum absolute atomic E-state index is 0.142. The van der Waals surface area contributed by atoms with Gasteiger partial charge in [-0.2, -0.15) is 5.26 Å². The third kappa shape index (κ3) is 4.62. The third-order valence-electron chi connectivity index (χ3n) is 4.91. The van der Waals surface area contributed by atoms with Crippen LogP contribution in [0.1, 0.15) is 5.56 Å².